The zero-order chi connectivity index (χ0) is 15.8. The first kappa shape index (κ1) is 15.6. The van der Waals surface area contributed by atoms with Gasteiger partial charge >= 0.3 is 0 Å². The number of benzene rings is 1. The van der Waals surface area contributed by atoms with Crippen molar-refractivity contribution in [1.82, 2.24) is 4.98 Å². The lowest BCUT2D eigenvalue weighted by atomic mass is 10.2. The molecule has 0 amide bonds. The van der Waals surface area contributed by atoms with Crippen molar-refractivity contribution in [3.63, 3.8) is 0 Å². The summed E-state index contributed by atoms with van der Waals surface area (Å²) in [6.45, 7) is 10.5. The molecule has 6 nitrogen and oxygen atoms in total. The molecular formula is C16H17N5O. The van der Waals surface area contributed by atoms with Gasteiger partial charge in [-0.25, -0.2) is 0 Å². The lowest BCUT2D eigenvalue weighted by Gasteiger charge is -2.21. The predicted molar refractivity (Wildman–Crippen MR) is 86.1 cm³/mol. The van der Waals surface area contributed by atoms with E-state index >= 15 is 0 Å². The fraction of sp³-hybridized carbons (Fsp3) is 0.250. The van der Waals surface area contributed by atoms with Crippen molar-refractivity contribution >= 4 is 22.9 Å². The summed E-state index contributed by atoms with van der Waals surface area (Å²) in [6.07, 6.45) is 1.52. The van der Waals surface area contributed by atoms with E-state index in [1.165, 1.54) is 6.20 Å². The monoisotopic (exact) mass is 295 g/mol. The molecule has 1 aromatic carbocycles. The number of hydrogen-bond donors (Lipinski definition) is 1. The summed E-state index contributed by atoms with van der Waals surface area (Å²) in [5.41, 5.74) is 2.38. The van der Waals surface area contributed by atoms with Crippen LogP contribution in [-0.2, 0) is 0 Å². The Balaban J connectivity index is 2.06. The van der Waals surface area contributed by atoms with Gasteiger partial charge in [0.25, 0.3) is 5.82 Å². The summed E-state index contributed by atoms with van der Waals surface area (Å²) in [5, 5.41) is 17.3. The van der Waals surface area contributed by atoms with Gasteiger partial charge in [0.1, 0.15) is 11.9 Å². The minimum absolute atomic E-state index is 0.128. The minimum Gasteiger partial charge on any atom is -0.395 e. The maximum Gasteiger partial charge on any atom is 0.269 e. The molecule has 0 aliphatic heterocycles. The van der Waals surface area contributed by atoms with E-state index in [1.807, 2.05) is 31.2 Å². The molecule has 0 saturated heterocycles. The maximum atomic E-state index is 9.03. The van der Waals surface area contributed by atoms with E-state index in [1.54, 1.807) is 12.1 Å². The van der Waals surface area contributed by atoms with Crippen LogP contribution in [0.25, 0.3) is 4.85 Å². The largest absolute Gasteiger partial charge is 0.395 e. The normalized spacial score (nSPS) is 10.6. The molecule has 0 spiro atoms. The van der Waals surface area contributed by atoms with Gasteiger partial charge < -0.3 is 14.9 Å². The number of azo groups is 1. The standard InChI is InChI=1S/C16H17N5O/c1-3-21(10-11-22)15-7-4-13(5-8-15)19-20-14-6-9-16(17-2)18-12-14/h4-9,12,22H,3,10-11H2,1H3. The second-order valence-electron chi connectivity index (χ2n) is 4.51. The Labute approximate surface area is 129 Å². The molecule has 22 heavy (non-hydrogen) atoms. The third-order valence-electron chi connectivity index (χ3n) is 3.09. The van der Waals surface area contributed by atoms with Gasteiger partial charge in [0, 0.05) is 18.8 Å². The highest BCUT2D eigenvalue weighted by atomic mass is 16.3. The van der Waals surface area contributed by atoms with Crippen LogP contribution in [0.15, 0.2) is 52.8 Å². The molecule has 0 radical (unpaired) electrons. The van der Waals surface area contributed by atoms with Gasteiger partial charge in [-0.05, 0) is 43.3 Å². The van der Waals surface area contributed by atoms with Gasteiger partial charge in [0.2, 0.25) is 0 Å². The van der Waals surface area contributed by atoms with Crippen molar-refractivity contribution in [1.29, 1.82) is 0 Å². The van der Waals surface area contributed by atoms with Gasteiger partial charge in [-0.1, -0.05) is 6.57 Å². The Hall–Kier alpha value is -2.78. The summed E-state index contributed by atoms with van der Waals surface area (Å²) >= 11 is 0. The Bertz CT molecular complexity index is 658. The van der Waals surface area contributed by atoms with Gasteiger partial charge in [-0.15, -0.1) is 10.1 Å². The number of pyridine rings is 1. The molecule has 0 fully saturated rings. The SMILES string of the molecule is [C-]#[N+]c1ccc(N=Nc2ccc(N(CC)CCO)cc2)cn1. The third kappa shape index (κ3) is 4.11. The van der Waals surface area contributed by atoms with Gasteiger partial charge in [0.15, 0.2) is 0 Å². The number of rotatable bonds is 6. The molecule has 0 aliphatic carbocycles. The molecule has 0 saturated carbocycles. The Morgan fingerprint density at radius 1 is 1.14 bits per heavy atom. The highest BCUT2D eigenvalue weighted by Crippen LogP contribution is 2.22. The average molecular weight is 295 g/mol. The number of aliphatic hydroxyl groups excluding tert-OH is 1. The van der Waals surface area contributed by atoms with Crippen LogP contribution < -0.4 is 4.90 Å². The zero-order valence-electron chi connectivity index (χ0n) is 12.3. The molecule has 0 aliphatic rings. The van der Waals surface area contributed by atoms with Crippen LogP contribution in [0.2, 0.25) is 0 Å². The van der Waals surface area contributed by atoms with E-state index in [0.717, 1.165) is 17.9 Å². The van der Waals surface area contributed by atoms with Crippen LogP contribution in [0.5, 0.6) is 0 Å². The van der Waals surface area contributed by atoms with E-state index in [2.05, 4.69) is 25.0 Å². The summed E-state index contributed by atoms with van der Waals surface area (Å²) in [4.78, 5) is 9.24. The Morgan fingerprint density at radius 3 is 2.36 bits per heavy atom. The van der Waals surface area contributed by atoms with E-state index in [4.69, 9.17) is 11.7 Å². The quantitative estimate of drug-likeness (QED) is 0.650. The van der Waals surface area contributed by atoms with E-state index < -0.39 is 0 Å². The van der Waals surface area contributed by atoms with Crippen LogP contribution in [-0.4, -0.2) is 29.8 Å². The van der Waals surface area contributed by atoms with Crippen LogP contribution in [0, 0.1) is 6.57 Å². The Morgan fingerprint density at radius 2 is 1.82 bits per heavy atom. The first-order chi connectivity index (χ1) is 10.8. The lowest BCUT2D eigenvalue weighted by Crippen LogP contribution is -2.25. The van der Waals surface area contributed by atoms with E-state index in [9.17, 15) is 0 Å². The minimum atomic E-state index is 0.128. The fourth-order valence-electron chi connectivity index (χ4n) is 1.94. The molecule has 112 valence electrons. The summed E-state index contributed by atoms with van der Waals surface area (Å²) in [6, 6.07) is 11.0. The first-order valence-electron chi connectivity index (χ1n) is 6.98. The van der Waals surface area contributed by atoms with Gasteiger partial charge in [-0.3, -0.25) is 0 Å². The molecule has 0 bridgehead atoms. The van der Waals surface area contributed by atoms with Crippen molar-refractivity contribution in [2.75, 3.05) is 24.6 Å². The number of likely N-dealkylation sites (N-methyl/N-ethyl adjacent to an activating group) is 1. The zero-order valence-corrected chi connectivity index (χ0v) is 12.3. The van der Waals surface area contributed by atoms with Crippen LogP contribution in [0.4, 0.5) is 22.9 Å². The highest BCUT2D eigenvalue weighted by Gasteiger charge is 2.03. The molecule has 1 aromatic heterocycles. The lowest BCUT2D eigenvalue weighted by molar-refractivity contribution is 0.302. The van der Waals surface area contributed by atoms with Crippen LogP contribution in [0.3, 0.4) is 0 Å². The number of aliphatic hydroxyl groups is 1. The average Bonchev–Trinajstić information content (AvgIpc) is 2.59. The molecule has 0 atom stereocenters. The summed E-state index contributed by atoms with van der Waals surface area (Å²) < 4.78 is 0. The van der Waals surface area contributed by atoms with Crippen molar-refractivity contribution in [2.45, 2.75) is 6.92 Å². The number of aromatic nitrogens is 1. The molecule has 1 heterocycles. The van der Waals surface area contributed by atoms with E-state index in [0.29, 0.717) is 18.1 Å². The van der Waals surface area contributed by atoms with Gasteiger partial charge in [-0.2, -0.15) is 5.11 Å². The van der Waals surface area contributed by atoms with E-state index in [-0.39, 0.29) is 6.61 Å². The van der Waals surface area contributed by atoms with Crippen molar-refractivity contribution in [3.05, 3.63) is 54.0 Å². The predicted octanol–water partition coefficient (Wildman–Crippen LogP) is 3.87. The highest BCUT2D eigenvalue weighted by molar-refractivity contribution is 5.53. The first-order valence-corrected chi connectivity index (χ1v) is 6.98. The molecule has 2 aromatic rings. The second-order valence-corrected chi connectivity index (χ2v) is 4.51. The van der Waals surface area contributed by atoms with Gasteiger partial charge in [0.05, 0.1) is 12.3 Å². The molecule has 2 rings (SSSR count). The third-order valence-corrected chi connectivity index (χ3v) is 3.09. The smallest absolute Gasteiger partial charge is 0.269 e. The number of anilines is 1. The van der Waals surface area contributed by atoms with Crippen molar-refractivity contribution < 1.29 is 5.11 Å². The fourth-order valence-corrected chi connectivity index (χ4v) is 1.94. The van der Waals surface area contributed by atoms with Crippen LogP contribution >= 0.6 is 0 Å². The summed E-state index contributed by atoms with van der Waals surface area (Å²) in [5.74, 6) is 0.340. The molecule has 1 N–H and O–H groups in total. The second kappa shape index (κ2) is 7.86. The topological polar surface area (TPSA) is 65.4 Å². The molecular weight excluding hydrogens is 278 g/mol. The Kier molecular flexibility index (Phi) is 5.57. The molecule has 0 unspecified atom stereocenters. The number of hydrogen-bond acceptors (Lipinski definition) is 5. The number of nitrogens with zero attached hydrogens (tertiary/aromatic N) is 5. The van der Waals surface area contributed by atoms with Crippen molar-refractivity contribution in [2.24, 2.45) is 10.2 Å². The van der Waals surface area contributed by atoms with Crippen LogP contribution in [0.1, 0.15) is 6.92 Å². The van der Waals surface area contributed by atoms with Crippen molar-refractivity contribution in [3.8, 4) is 0 Å². The molecule has 6 heteroatoms. The maximum absolute atomic E-state index is 9.03. The summed E-state index contributed by atoms with van der Waals surface area (Å²) in [7, 11) is 0.